The monoisotopic (exact) mass is 382 g/mol. The summed E-state index contributed by atoms with van der Waals surface area (Å²) < 4.78 is 6.39. The lowest BCUT2D eigenvalue weighted by atomic mass is 9.97. The lowest BCUT2D eigenvalue weighted by Crippen LogP contribution is -1.99. The summed E-state index contributed by atoms with van der Waals surface area (Å²) in [6.07, 6.45) is 0. The van der Waals surface area contributed by atoms with Gasteiger partial charge in [-0.05, 0) is 54.3 Å². The van der Waals surface area contributed by atoms with Crippen LogP contribution in [0.1, 0.15) is 27.1 Å². The van der Waals surface area contributed by atoms with Gasteiger partial charge in [0.15, 0.2) is 0 Å². The zero-order valence-electron chi connectivity index (χ0n) is 11.2. The fraction of sp³-hybridized carbons (Fsp3) is 0.250. The van der Waals surface area contributed by atoms with Gasteiger partial charge in [-0.3, -0.25) is 0 Å². The summed E-state index contributed by atoms with van der Waals surface area (Å²) in [4.78, 5) is 0.191. The Morgan fingerprint density at radius 2 is 1.79 bits per heavy atom. The average Bonchev–Trinajstić information content (AvgIpc) is 2.41. The van der Waals surface area contributed by atoms with Crippen molar-refractivity contribution in [2.45, 2.75) is 18.7 Å². The van der Waals surface area contributed by atoms with Crippen LogP contribution in [0, 0.1) is 13.8 Å². The molecule has 1 nitrogen and oxygen atoms in total. The molecule has 0 radical (unpaired) electrons. The third-order valence-electron chi connectivity index (χ3n) is 3.33. The molecule has 0 amide bonds. The molecule has 0 aliphatic rings. The molecule has 0 aliphatic carbocycles. The summed E-state index contributed by atoms with van der Waals surface area (Å²) in [6.45, 7) is 4.24. The van der Waals surface area contributed by atoms with Crippen molar-refractivity contribution < 1.29 is 4.74 Å². The van der Waals surface area contributed by atoms with Crippen molar-refractivity contribution in [1.82, 2.24) is 0 Å². The second-order valence-corrected chi connectivity index (χ2v) is 6.31. The SMILES string of the molecule is COc1ccc(C(Br)c2cccc(Br)c2C)c(C)c1. The topological polar surface area (TPSA) is 9.23 Å². The highest BCUT2D eigenvalue weighted by Gasteiger charge is 2.16. The van der Waals surface area contributed by atoms with Gasteiger partial charge in [0.1, 0.15) is 5.75 Å². The van der Waals surface area contributed by atoms with Crippen molar-refractivity contribution >= 4 is 31.9 Å². The summed E-state index contributed by atoms with van der Waals surface area (Å²) >= 11 is 7.40. The van der Waals surface area contributed by atoms with Gasteiger partial charge in [-0.2, -0.15) is 0 Å². The highest BCUT2D eigenvalue weighted by atomic mass is 79.9. The molecule has 19 heavy (non-hydrogen) atoms. The van der Waals surface area contributed by atoms with Crippen LogP contribution in [0.15, 0.2) is 40.9 Å². The van der Waals surface area contributed by atoms with Gasteiger partial charge in [-0.15, -0.1) is 0 Å². The van der Waals surface area contributed by atoms with Crippen molar-refractivity contribution in [2.75, 3.05) is 7.11 Å². The van der Waals surface area contributed by atoms with Gasteiger partial charge in [-0.1, -0.05) is 50.1 Å². The van der Waals surface area contributed by atoms with Crippen LogP contribution < -0.4 is 4.74 Å². The summed E-state index contributed by atoms with van der Waals surface area (Å²) in [5.74, 6) is 0.895. The van der Waals surface area contributed by atoms with E-state index in [1.54, 1.807) is 7.11 Å². The molecule has 0 saturated heterocycles. The molecule has 3 heteroatoms. The molecular weight excluding hydrogens is 368 g/mol. The lowest BCUT2D eigenvalue weighted by Gasteiger charge is -2.17. The summed E-state index contributed by atoms with van der Waals surface area (Å²) in [6, 6.07) is 12.5. The van der Waals surface area contributed by atoms with E-state index in [1.807, 2.05) is 6.07 Å². The van der Waals surface area contributed by atoms with Crippen molar-refractivity contribution in [3.63, 3.8) is 0 Å². The molecule has 0 spiro atoms. The van der Waals surface area contributed by atoms with Gasteiger partial charge in [0.2, 0.25) is 0 Å². The van der Waals surface area contributed by atoms with Crippen LogP contribution in [0.2, 0.25) is 0 Å². The Hall–Kier alpha value is -0.800. The Labute approximate surface area is 131 Å². The smallest absolute Gasteiger partial charge is 0.119 e. The number of benzene rings is 2. The van der Waals surface area contributed by atoms with Gasteiger partial charge in [-0.25, -0.2) is 0 Å². The highest BCUT2D eigenvalue weighted by molar-refractivity contribution is 9.10. The number of aryl methyl sites for hydroxylation is 1. The van der Waals surface area contributed by atoms with Gasteiger partial charge < -0.3 is 4.74 Å². The fourth-order valence-electron chi connectivity index (χ4n) is 2.13. The minimum absolute atomic E-state index is 0.191. The van der Waals surface area contributed by atoms with Crippen LogP contribution in [0.5, 0.6) is 5.75 Å². The lowest BCUT2D eigenvalue weighted by molar-refractivity contribution is 0.414. The Bertz CT molecular complexity index is 593. The number of alkyl halides is 1. The summed E-state index contributed by atoms with van der Waals surface area (Å²) in [7, 11) is 1.69. The molecule has 0 N–H and O–H groups in total. The Morgan fingerprint density at radius 3 is 2.42 bits per heavy atom. The fourth-order valence-corrected chi connectivity index (χ4v) is 3.52. The quantitative estimate of drug-likeness (QED) is 0.630. The first-order chi connectivity index (χ1) is 9.04. The minimum Gasteiger partial charge on any atom is -0.497 e. The summed E-state index contributed by atoms with van der Waals surface area (Å²) in [5.41, 5.74) is 5.03. The number of halogens is 2. The largest absolute Gasteiger partial charge is 0.497 e. The maximum Gasteiger partial charge on any atom is 0.119 e. The average molecular weight is 384 g/mol. The first kappa shape index (κ1) is 14.6. The van der Waals surface area contributed by atoms with Gasteiger partial charge in [0, 0.05) is 4.47 Å². The zero-order chi connectivity index (χ0) is 14.0. The molecule has 0 aromatic heterocycles. The molecule has 0 heterocycles. The predicted octanol–water partition coefficient (Wildman–Crippen LogP) is 5.56. The molecule has 1 unspecified atom stereocenters. The Kier molecular flexibility index (Phi) is 4.69. The van der Waals surface area contributed by atoms with Gasteiger partial charge >= 0.3 is 0 Å². The normalized spacial score (nSPS) is 12.3. The van der Waals surface area contributed by atoms with E-state index in [1.165, 1.54) is 22.3 Å². The van der Waals surface area contributed by atoms with E-state index >= 15 is 0 Å². The molecule has 0 aliphatic heterocycles. The second kappa shape index (κ2) is 6.10. The summed E-state index contributed by atoms with van der Waals surface area (Å²) in [5, 5.41) is 0. The van der Waals surface area contributed by atoms with Crippen molar-refractivity contribution in [3.05, 3.63) is 63.1 Å². The zero-order valence-corrected chi connectivity index (χ0v) is 14.4. The first-order valence-electron chi connectivity index (χ1n) is 6.08. The van der Waals surface area contributed by atoms with Crippen molar-refractivity contribution in [3.8, 4) is 5.75 Å². The van der Waals surface area contributed by atoms with E-state index < -0.39 is 0 Å². The van der Waals surface area contributed by atoms with Crippen LogP contribution in [-0.2, 0) is 0 Å². The van der Waals surface area contributed by atoms with Gasteiger partial charge in [0.05, 0.1) is 11.9 Å². The number of hydrogen-bond donors (Lipinski definition) is 0. The standard InChI is InChI=1S/C16H16Br2O/c1-10-9-12(19-3)7-8-13(10)16(18)14-5-4-6-15(17)11(14)2/h4-9,16H,1-3H3. The maximum atomic E-state index is 5.26. The minimum atomic E-state index is 0.191. The third kappa shape index (κ3) is 3.03. The molecule has 2 aromatic rings. The number of methoxy groups -OCH3 is 1. The molecule has 2 rings (SSSR count). The first-order valence-corrected chi connectivity index (χ1v) is 7.79. The molecule has 2 aromatic carbocycles. The highest BCUT2D eigenvalue weighted by Crippen LogP contribution is 2.37. The van der Waals surface area contributed by atoms with E-state index in [-0.39, 0.29) is 4.83 Å². The van der Waals surface area contributed by atoms with E-state index in [9.17, 15) is 0 Å². The number of rotatable bonds is 3. The molecule has 0 saturated carbocycles. The van der Waals surface area contributed by atoms with E-state index in [0.717, 1.165) is 10.2 Å². The molecule has 0 fully saturated rings. The molecule has 100 valence electrons. The maximum absolute atomic E-state index is 5.26. The number of hydrogen-bond acceptors (Lipinski definition) is 1. The van der Waals surface area contributed by atoms with Crippen LogP contribution in [0.25, 0.3) is 0 Å². The second-order valence-electron chi connectivity index (χ2n) is 4.54. The van der Waals surface area contributed by atoms with Gasteiger partial charge in [0.25, 0.3) is 0 Å². The molecule has 1 atom stereocenters. The number of ether oxygens (including phenoxy) is 1. The Morgan fingerprint density at radius 1 is 1.05 bits per heavy atom. The third-order valence-corrected chi connectivity index (χ3v) is 5.18. The van der Waals surface area contributed by atoms with Crippen LogP contribution in [0.3, 0.4) is 0 Å². The van der Waals surface area contributed by atoms with Crippen molar-refractivity contribution in [2.24, 2.45) is 0 Å². The van der Waals surface area contributed by atoms with Crippen molar-refractivity contribution in [1.29, 1.82) is 0 Å². The van der Waals surface area contributed by atoms with E-state index in [2.05, 4.69) is 76.0 Å². The van der Waals surface area contributed by atoms with E-state index in [0.29, 0.717) is 0 Å². The molecular formula is C16H16Br2O. The van der Waals surface area contributed by atoms with Crippen LogP contribution >= 0.6 is 31.9 Å². The molecule has 0 bridgehead atoms. The van der Waals surface area contributed by atoms with E-state index in [4.69, 9.17) is 4.74 Å². The van der Waals surface area contributed by atoms with Crippen LogP contribution in [-0.4, -0.2) is 7.11 Å². The Balaban J connectivity index is 2.44. The van der Waals surface area contributed by atoms with Crippen LogP contribution in [0.4, 0.5) is 0 Å². The predicted molar refractivity (Wildman–Crippen MR) is 87.4 cm³/mol.